The van der Waals surface area contributed by atoms with Crippen LogP contribution in [0.5, 0.6) is 5.75 Å². The quantitative estimate of drug-likeness (QED) is 0.172. The van der Waals surface area contributed by atoms with Crippen LogP contribution in [0, 0.1) is 5.82 Å². The molecule has 2 amide bonds. The van der Waals surface area contributed by atoms with Crippen molar-refractivity contribution in [2.75, 3.05) is 5.32 Å². The highest BCUT2D eigenvalue weighted by Crippen LogP contribution is 2.23. The largest absolute Gasteiger partial charge is 0.506 e. The molecule has 0 unspecified atom stereocenters. The Hall–Kier alpha value is -4.00. The average molecular weight is 448 g/mol. The number of hydrazone groups is 1. The van der Waals surface area contributed by atoms with Crippen molar-refractivity contribution in [1.82, 2.24) is 5.43 Å². The predicted octanol–water partition coefficient (Wildman–Crippen LogP) is 5.24. The van der Waals surface area contributed by atoms with Crippen LogP contribution in [0.1, 0.15) is 37.7 Å². The van der Waals surface area contributed by atoms with E-state index in [0.717, 1.165) is 5.56 Å². The van der Waals surface area contributed by atoms with E-state index in [1.807, 2.05) is 30.3 Å². The van der Waals surface area contributed by atoms with E-state index in [4.69, 9.17) is 0 Å². The molecule has 3 rings (SSSR count). The van der Waals surface area contributed by atoms with Crippen LogP contribution < -0.4 is 10.7 Å². The summed E-state index contributed by atoms with van der Waals surface area (Å²) < 4.78 is 14.4. The van der Waals surface area contributed by atoms with Gasteiger partial charge in [-0.15, -0.1) is 0 Å². The monoisotopic (exact) mass is 447 g/mol. The van der Waals surface area contributed by atoms with Crippen LogP contribution in [-0.4, -0.2) is 23.1 Å². The molecular weight excluding hydrogens is 421 g/mol. The number of nitrogens with one attached hydrogen (secondary N) is 2. The van der Waals surface area contributed by atoms with Gasteiger partial charge in [-0.3, -0.25) is 9.59 Å². The molecule has 0 bridgehead atoms. The summed E-state index contributed by atoms with van der Waals surface area (Å²) in [6.45, 7) is 0. The molecule has 0 saturated heterocycles. The van der Waals surface area contributed by atoms with E-state index in [-0.39, 0.29) is 29.8 Å². The number of phenols is 1. The second-order valence-corrected chi connectivity index (χ2v) is 7.52. The third-order valence-corrected chi connectivity index (χ3v) is 4.97. The fourth-order valence-corrected chi connectivity index (χ4v) is 3.24. The van der Waals surface area contributed by atoms with Gasteiger partial charge in [-0.25, -0.2) is 9.82 Å². The van der Waals surface area contributed by atoms with Crippen molar-refractivity contribution >= 4 is 23.7 Å². The van der Waals surface area contributed by atoms with E-state index in [2.05, 4.69) is 15.8 Å². The van der Waals surface area contributed by atoms with Gasteiger partial charge in [0.2, 0.25) is 11.8 Å². The Morgan fingerprint density at radius 2 is 1.58 bits per heavy atom. The number of amides is 2. The number of aromatic hydroxyl groups is 1. The van der Waals surface area contributed by atoms with Crippen LogP contribution >= 0.6 is 0 Å². The van der Waals surface area contributed by atoms with Crippen molar-refractivity contribution in [1.29, 1.82) is 0 Å². The van der Waals surface area contributed by atoms with Gasteiger partial charge >= 0.3 is 0 Å². The summed E-state index contributed by atoms with van der Waals surface area (Å²) in [7, 11) is 0. The van der Waals surface area contributed by atoms with Gasteiger partial charge in [0, 0.05) is 18.4 Å². The highest BCUT2D eigenvalue weighted by molar-refractivity contribution is 5.92. The zero-order valence-electron chi connectivity index (χ0n) is 18.1. The Morgan fingerprint density at radius 1 is 0.879 bits per heavy atom. The van der Waals surface area contributed by atoms with Gasteiger partial charge in [-0.1, -0.05) is 61.0 Å². The number of hydrogen-bond acceptors (Lipinski definition) is 4. The predicted molar refractivity (Wildman–Crippen MR) is 127 cm³/mol. The lowest BCUT2D eigenvalue weighted by Gasteiger charge is -2.06. The van der Waals surface area contributed by atoms with Gasteiger partial charge in [-0.2, -0.15) is 5.10 Å². The number of carbonyl (C=O) groups excluding carboxylic acids is 2. The molecule has 3 aromatic rings. The van der Waals surface area contributed by atoms with Crippen LogP contribution in [0.2, 0.25) is 0 Å². The molecule has 0 saturated carbocycles. The molecule has 0 fully saturated rings. The van der Waals surface area contributed by atoms with Crippen LogP contribution in [0.3, 0.4) is 0 Å². The van der Waals surface area contributed by atoms with Crippen molar-refractivity contribution < 1.29 is 19.1 Å². The van der Waals surface area contributed by atoms with Crippen molar-refractivity contribution in [3.63, 3.8) is 0 Å². The molecule has 0 spiro atoms. The van der Waals surface area contributed by atoms with Crippen molar-refractivity contribution in [2.24, 2.45) is 5.10 Å². The zero-order chi connectivity index (χ0) is 23.5. The minimum atomic E-state index is -0.358. The first kappa shape index (κ1) is 23.7. The van der Waals surface area contributed by atoms with E-state index in [9.17, 15) is 19.1 Å². The van der Waals surface area contributed by atoms with Crippen molar-refractivity contribution in [2.45, 2.75) is 32.1 Å². The first-order valence-electron chi connectivity index (χ1n) is 10.8. The lowest BCUT2D eigenvalue weighted by molar-refractivity contribution is -0.121. The first-order valence-corrected chi connectivity index (χ1v) is 10.8. The van der Waals surface area contributed by atoms with Gasteiger partial charge in [-0.05, 0) is 42.2 Å². The van der Waals surface area contributed by atoms with E-state index < -0.39 is 0 Å². The van der Waals surface area contributed by atoms with Crippen molar-refractivity contribution in [3.05, 3.63) is 84.2 Å². The summed E-state index contributed by atoms with van der Waals surface area (Å²) in [5.74, 6) is -0.761. The molecular formula is C26H26FN3O3. The average Bonchev–Trinajstić information content (AvgIpc) is 2.81. The zero-order valence-corrected chi connectivity index (χ0v) is 18.1. The molecule has 0 aliphatic carbocycles. The lowest BCUT2D eigenvalue weighted by atomic mass is 10.0. The number of benzene rings is 3. The summed E-state index contributed by atoms with van der Waals surface area (Å²) in [6.07, 6.45) is 3.93. The summed E-state index contributed by atoms with van der Waals surface area (Å²) >= 11 is 0. The number of rotatable bonds is 10. The second kappa shape index (κ2) is 12.1. The van der Waals surface area contributed by atoms with E-state index in [1.165, 1.54) is 18.3 Å². The Balaban J connectivity index is 1.34. The van der Waals surface area contributed by atoms with Crippen molar-refractivity contribution in [3.8, 4) is 16.9 Å². The van der Waals surface area contributed by atoms with E-state index in [1.54, 1.807) is 30.3 Å². The summed E-state index contributed by atoms with van der Waals surface area (Å²) in [6, 6.07) is 20.6. The fourth-order valence-electron chi connectivity index (χ4n) is 3.24. The van der Waals surface area contributed by atoms with Crippen LogP contribution in [0.25, 0.3) is 11.1 Å². The Bertz CT molecular complexity index is 1120. The molecule has 0 aliphatic rings. The van der Waals surface area contributed by atoms with Crippen LogP contribution in [-0.2, 0) is 9.59 Å². The van der Waals surface area contributed by atoms with Gasteiger partial charge < -0.3 is 10.4 Å². The number of nitrogens with zero attached hydrogens (tertiary/aromatic N) is 1. The minimum absolute atomic E-state index is 0.0259. The molecule has 3 N–H and O–H groups in total. The maximum Gasteiger partial charge on any atom is 0.240 e. The Morgan fingerprint density at radius 3 is 2.30 bits per heavy atom. The molecule has 0 aliphatic heterocycles. The maximum atomic E-state index is 14.4. The second-order valence-electron chi connectivity index (χ2n) is 7.52. The van der Waals surface area contributed by atoms with Crippen LogP contribution in [0.4, 0.5) is 10.1 Å². The maximum absolute atomic E-state index is 14.4. The summed E-state index contributed by atoms with van der Waals surface area (Å²) in [5.41, 5.74) is 4.66. The molecule has 0 heterocycles. The highest BCUT2D eigenvalue weighted by Gasteiger charge is 2.07. The topological polar surface area (TPSA) is 90.8 Å². The minimum Gasteiger partial charge on any atom is -0.506 e. The molecule has 7 heteroatoms. The molecule has 170 valence electrons. The number of phenolic OH excluding ortho intramolecular Hbond substituents is 1. The highest BCUT2D eigenvalue weighted by atomic mass is 19.1. The molecule has 33 heavy (non-hydrogen) atoms. The Labute approximate surface area is 192 Å². The van der Waals surface area contributed by atoms with Crippen LogP contribution in [0.15, 0.2) is 77.9 Å². The number of carbonyl (C=O) groups is 2. The number of unbranched alkanes of at least 4 members (excludes halogenated alkanes) is 2. The van der Waals surface area contributed by atoms with E-state index >= 15 is 0 Å². The third kappa shape index (κ3) is 7.57. The summed E-state index contributed by atoms with van der Waals surface area (Å²) in [5, 5.41) is 16.2. The number of anilines is 1. The van der Waals surface area contributed by atoms with Gasteiger partial charge in [0.15, 0.2) is 0 Å². The smallest absolute Gasteiger partial charge is 0.240 e. The number of para-hydroxylation sites is 2. The van der Waals surface area contributed by atoms with E-state index in [0.29, 0.717) is 42.5 Å². The normalized spacial score (nSPS) is 10.8. The standard InChI is InChI=1S/C26H26FN3O3/c27-22-17-19(15-16-21(22)20-9-3-1-4-10-20)18-28-30-26(33)14-6-2-5-13-25(32)29-23-11-7-8-12-24(23)31/h1,3-4,7-12,15-18,31H,2,5-6,13-14H2,(H,29,32)(H,30,33). The number of halogens is 1. The molecule has 0 aromatic heterocycles. The SMILES string of the molecule is O=C(CCCCCC(=O)Nc1ccccc1O)NN=Cc1ccc(-c2ccccc2)c(F)c1. The summed E-state index contributed by atoms with van der Waals surface area (Å²) in [4.78, 5) is 23.8. The molecule has 3 aromatic carbocycles. The molecule has 0 radical (unpaired) electrons. The molecule has 6 nitrogen and oxygen atoms in total. The molecule has 0 atom stereocenters. The Kier molecular flexibility index (Phi) is 8.71. The lowest BCUT2D eigenvalue weighted by Crippen LogP contribution is -2.17. The van der Waals surface area contributed by atoms with Gasteiger partial charge in [0.25, 0.3) is 0 Å². The van der Waals surface area contributed by atoms with Gasteiger partial charge in [0.05, 0.1) is 11.9 Å². The number of hydrogen-bond donors (Lipinski definition) is 3. The third-order valence-electron chi connectivity index (χ3n) is 4.97. The first-order chi connectivity index (χ1) is 16.0. The van der Waals surface area contributed by atoms with Gasteiger partial charge in [0.1, 0.15) is 11.6 Å². The fraction of sp³-hybridized carbons (Fsp3) is 0.192.